The Morgan fingerprint density at radius 3 is 2.64 bits per heavy atom. The van der Waals surface area contributed by atoms with Crippen molar-refractivity contribution >= 4 is 46.5 Å². The van der Waals surface area contributed by atoms with E-state index in [2.05, 4.69) is 46.1 Å². The summed E-state index contributed by atoms with van der Waals surface area (Å²) in [6, 6.07) is 13.2. The van der Waals surface area contributed by atoms with Crippen molar-refractivity contribution in [1.29, 1.82) is 0 Å². The van der Waals surface area contributed by atoms with Gasteiger partial charge in [0.25, 0.3) is 0 Å². The molecule has 0 radical (unpaired) electrons. The number of hydrogen-bond donors (Lipinski definition) is 2. The zero-order valence-corrected chi connectivity index (χ0v) is 25.9. The molecule has 2 aliphatic heterocycles. The fourth-order valence-corrected chi connectivity index (χ4v) is 5.60. The molecule has 0 spiro atoms. The molecule has 0 bridgehead atoms. The van der Waals surface area contributed by atoms with Gasteiger partial charge < -0.3 is 34.8 Å². The number of carbonyl (C=O) groups excluding carboxylic acids is 2. The number of benzene rings is 2. The highest BCUT2D eigenvalue weighted by atomic mass is 16.5. The summed E-state index contributed by atoms with van der Waals surface area (Å²) in [5.74, 6) is 1.00. The molecular formula is C32H40N8O4. The third-order valence-corrected chi connectivity index (χ3v) is 8.03. The van der Waals surface area contributed by atoms with E-state index in [-0.39, 0.29) is 23.9 Å². The maximum Gasteiger partial charge on any atom is 0.330 e. The SMILES string of the molecule is C=CC(=O)Nc1cc(Nc2ncc3c(n2)N(c2ccccc2)C(=O)N([C@@H](C)COC)C3)c(OC)cc1N1CC[C@@H](N(C)C)C1. The van der Waals surface area contributed by atoms with Crippen molar-refractivity contribution in [3.05, 3.63) is 66.9 Å². The summed E-state index contributed by atoms with van der Waals surface area (Å²) in [6.45, 7) is 7.97. The summed E-state index contributed by atoms with van der Waals surface area (Å²) in [4.78, 5) is 43.5. The Hall–Kier alpha value is -4.68. The predicted molar refractivity (Wildman–Crippen MR) is 172 cm³/mol. The highest BCUT2D eigenvalue weighted by Crippen LogP contribution is 2.40. The summed E-state index contributed by atoms with van der Waals surface area (Å²) in [5.41, 5.74) is 3.51. The molecule has 0 unspecified atom stereocenters. The number of methoxy groups -OCH3 is 2. The Kier molecular flexibility index (Phi) is 9.31. The second kappa shape index (κ2) is 13.3. The van der Waals surface area contributed by atoms with Crippen molar-refractivity contribution in [3.8, 4) is 5.75 Å². The number of likely N-dealkylation sites (N-methyl/N-ethyl adjacent to an activating group) is 1. The molecule has 3 heterocycles. The maximum absolute atomic E-state index is 13.8. The smallest absolute Gasteiger partial charge is 0.330 e. The zero-order valence-electron chi connectivity index (χ0n) is 25.9. The van der Waals surface area contributed by atoms with Gasteiger partial charge in [0.05, 0.1) is 49.1 Å². The van der Waals surface area contributed by atoms with Crippen LogP contribution < -0.4 is 25.2 Å². The van der Waals surface area contributed by atoms with Gasteiger partial charge in [0, 0.05) is 44.1 Å². The van der Waals surface area contributed by atoms with Gasteiger partial charge in [-0.2, -0.15) is 4.98 Å². The van der Waals surface area contributed by atoms with Gasteiger partial charge in [-0.15, -0.1) is 0 Å². The van der Waals surface area contributed by atoms with E-state index >= 15 is 0 Å². The number of anilines is 6. The summed E-state index contributed by atoms with van der Waals surface area (Å²) in [5, 5.41) is 6.22. The highest BCUT2D eigenvalue weighted by molar-refractivity contribution is 6.03. The standard InChI is InChI=1S/C32H40N8O4/c1-7-29(41)34-25-15-26(28(44-6)16-27(25)38-14-13-24(19-38)37(3)4)35-31-33-17-22-18-39(21(2)20-43-5)32(42)40(30(22)36-31)23-11-9-8-10-12-23/h7-12,15-17,21,24H,1,13-14,18-20H2,2-6H3,(H,34,41)(H,33,35,36)/t21-,24+/m0/s1. The van der Waals surface area contributed by atoms with Gasteiger partial charge >= 0.3 is 6.03 Å². The van der Waals surface area contributed by atoms with Crippen molar-refractivity contribution < 1.29 is 19.1 Å². The van der Waals surface area contributed by atoms with E-state index in [4.69, 9.17) is 14.5 Å². The minimum absolute atomic E-state index is 0.153. The zero-order chi connectivity index (χ0) is 31.4. The lowest BCUT2D eigenvalue weighted by Crippen LogP contribution is -2.50. The number of para-hydroxylation sites is 1. The Labute approximate surface area is 258 Å². The number of urea groups is 1. The Morgan fingerprint density at radius 2 is 1.98 bits per heavy atom. The van der Waals surface area contributed by atoms with Crippen molar-refractivity contribution in [2.75, 3.05) is 68.4 Å². The predicted octanol–water partition coefficient (Wildman–Crippen LogP) is 4.60. The van der Waals surface area contributed by atoms with Crippen LogP contribution in [0.25, 0.3) is 0 Å². The summed E-state index contributed by atoms with van der Waals surface area (Å²) in [6.07, 6.45) is 3.98. The van der Waals surface area contributed by atoms with Crippen LogP contribution in [0, 0.1) is 0 Å². The number of carbonyl (C=O) groups is 2. The Morgan fingerprint density at radius 1 is 1.20 bits per heavy atom. The molecular weight excluding hydrogens is 560 g/mol. The van der Waals surface area contributed by atoms with E-state index in [1.165, 1.54) is 6.08 Å². The van der Waals surface area contributed by atoms with Gasteiger partial charge in [0.15, 0.2) is 5.82 Å². The van der Waals surface area contributed by atoms with Crippen LogP contribution >= 0.6 is 0 Å². The molecule has 0 aliphatic carbocycles. The first kappa shape index (κ1) is 30.8. The topological polar surface area (TPSA) is 115 Å². The van der Waals surface area contributed by atoms with Crippen LogP contribution in [-0.2, 0) is 16.1 Å². The minimum atomic E-state index is -0.319. The van der Waals surface area contributed by atoms with Crippen molar-refractivity contribution in [2.45, 2.75) is 32.0 Å². The van der Waals surface area contributed by atoms with Gasteiger partial charge in [-0.3, -0.25) is 4.79 Å². The van der Waals surface area contributed by atoms with E-state index in [0.29, 0.717) is 47.8 Å². The van der Waals surface area contributed by atoms with Crippen LogP contribution in [0.5, 0.6) is 5.75 Å². The number of aromatic nitrogens is 2. The first-order valence-corrected chi connectivity index (χ1v) is 14.6. The van der Waals surface area contributed by atoms with Crippen LogP contribution in [0.4, 0.5) is 39.3 Å². The number of rotatable bonds is 11. The van der Waals surface area contributed by atoms with Crippen molar-refractivity contribution in [2.24, 2.45) is 0 Å². The number of ether oxygens (including phenoxy) is 2. The number of nitrogens with one attached hydrogen (secondary N) is 2. The summed E-state index contributed by atoms with van der Waals surface area (Å²) >= 11 is 0. The number of amides is 3. The van der Waals surface area contributed by atoms with E-state index in [1.807, 2.05) is 49.4 Å². The molecule has 5 rings (SSSR count). The molecule has 44 heavy (non-hydrogen) atoms. The molecule has 3 aromatic rings. The molecule has 3 amide bonds. The van der Waals surface area contributed by atoms with Gasteiger partial charge in [-0.05, 0) is 51.7 Å². The van der Waals surface area contributed by atoms with Gasteiger partial charge in [-0.25, -0.2) is 14.7 Å². The molecule has 2 atom stereocenters. The Bertz CT molecular complexity index is 1520. The fourth-order valence-electron chi connectivity index (χ4n) is 5.60. The maximum atomic E-state index is 13.8. The lowest BCUT2D eigenvalue weighted by atomic mass is 10.1. The number of hydrogen-bond acceptors (Lipinski definition) is 9. The largest absolute Gasteiger partial charge is 0.494 e. The molecule has 2 aliphatic rings. The molecule has 1 aromatic heterocycles. The average molecular weight is 601 g/mol. The molecule has 2 aromatic carbocycles. The van der Waals surface area contributed by atoms with E-state index in [1.54, 1.807) is 30.2 Å². The van der Waals surface area contributed by atoms with E-state index in [0.717, 1.165) is 30.8 Å². The molecule has 1 saturated heterocycles. The van der Waals surface area contributed by atoms with Crippen LogP contribution in [0.1, 0.15) is 18.9 Å². The Balaban J connectivity index is 1.52. The second-order valence-corrected chi connectivity index (χ2v) is 11.2. The molecule has 1 fully saturated rings. The molecule has 2 N–H and O–H groups in total. The van der Waals surface area contributed by atoms with E-state index in [9.17, 15) is 9.59 Å². The fraction of sp³-hybridized carbons (Fsp3) is 0.375. The second-order valence-electron chi connectivity index (χ2n) is 11.2. The molecule has 12 nitrogen and oxygen atoms in total. The molecule has 12 heteroatoms. The van der Waals surface area contributed by atoms with E-state index < -0.39 is 0 Å². The van der Waals surface area contributed by atoms with Gasteiger partial charge in [-0.1, -0.05) is 24.8 Å². The van der Waals surface area contributed by atoms with Crippen LogP contribution in [0.3, 0.4) is 0 Å². The lowest BCUT2D eigenvalue weighted by molar-refractivity contribution is -0.111. The van der Waals surface area contributed by atoms with Gasteiger partial charge in [0.2, 0.25) is 11.9 Å². The average Bonchev–Trinajstić information content (AvgIpc) is 3.52. The number of nitrogens with zero attached hydrogens (tertiary/aromatic N) is 6. The number of fused-ring (bicyclic) bond motifs is 1. The first-order chi connectivity index (χ1) is 21.2. The summed E-state index contributed by atoms with van der Waals surface area (Å²) < 4.78 is 11.1. The normalized spacial score (nSPS) is 17.0. The quantitative estimate of drug-likeness (QED) is 0.305. The van der Waals surface area contributed by atoms with Crippen molar-refractivity contribution in [1.82, 2.24) is 19.8 Å². The van der Waals surface area contributed by atoms with Gasteiger partial charge in [0.1, 0.15) is 5.75 Å². The minimum Gasteiger partial charge on any atom is -0.494 e. The van der Waals surface area contributed by atoms with Crippen LogP contribution in [-0.4, -0.2) is 91.8 Å². The lowest BCUT2D eigenvalue weighted by Gasteiger charge is -2.39. The monoisotopic (exact) mass is 600 g/mol. The third-order valence-electron chi connectivity index (χ3n) is 8.03. The first-order valence-electron chi connectivity index (χ1n) is 14.6. The third kappa shape index (κ3) is 6.31. The van der Waals surface area contributed by atoms with Crippen LogP contribution in [0.2, 0.25) is 0 Å². The van der Waals surface area contributed by atoms with Crippen LogP contribution in [0.15, 0.2) is 61.3 Å². The summed E-state index contributed by atoms with van der Waals surface area (Å²) in [7, 11) is 7.36. The molecule has 0 saturated carbocycles. The van der Waals surface area contributed by atoms with Crippen molar-refractivity contribution in [3.63, 3.8) is 0 Å². The molecule has 232 valence electrons. The highest BCUT2D eigenvalue weighted by Gasteiger charge is 2.36.